The van der Waals surface area contributed by atoms with Gasteiger partial charge in [-0.3, -0.25) is 4.79 Å². The van der Waals surface area contributed by atoms with Gasteiger partial charge in [0.1, 0.15) is 11.2 Å². The molecule has 0 unspecified atom stereocenters. The number of furan rings is 1. The van der Waals surface area contributed by atoms with E-state index in [-0.39, 0.29) is 5.78 Å². The highest BCUT2D eigenvalue weighted by Crippen LogP contribution is 2.29. The molecule has 0 aliphatic carbocycles. The second-order valence-corrected chi connectivity index (χ2v) is 6.58. The van der Waals surface area contributed by atoms with Gasteiger partial charge in [-0.1, -0.05) is 78.9 Å². The number of rotatable bonds is 3. The SMILES string of the molecule is O=C(c1ccc(-c2ccccc2)cc1)c1ccc2c(c1)oc1ccccc12. The number of hydrogen-bond donors (Lipinski definition) is 0. The first-order chi connectivity index (χ1) is 13.3. The Hall–Kier alpha value is -3.65. The highest BCUT2D eigenvalue weighted by atomic mass is 16.3. The summed E-state index contributed by atoms with van der Waals surface area (Å²) < 4.78 is 5.90. The largest absolute Gasteiger partial charge is 0.456 e. The van der Waals surface area contributed by atoms with Crippen LogP contribution >= 0.6 is 0 Å². The third kappa shape index (κ3) is 2.72. The molecule has 0 fully saturated rings. The maximum atomic E-state index is 12.9. The Kier molecular flexibility index (Phi) is 3.61. The molecule has 0 saturated carbocycles. The van der Waals surface area contributed by atoms with E-state index in [4.69, 9.17) is 4.42 Å². The van der Waals surface area contributed by atoms with Crippen LogP contribution in [0.1, 0.15) is 15.9 Å². The molecule has 0 radical (unpaired) electrons. The molecule has 0 bridgehead atoms. The van der Waals surface area contributed by atoms with E-state index in [2.05, 4.69) is 12.1 Å². The molecule has 5 aromatic rings. The molecule has 0 spiro atoms. The van der Waals surface area contributed by atoms with Crippen molar-refractivity contribution in [2.45, 2.75) is 0 Å². The fourth-order valence-electron chi connectivity index (χ4n) is 3.48. The summed E-state index contributed by atoms with van der Waals surface area (Å²) in [6, 6.07) is 31.5. The van der Waals surface area contributed by atoms with Gasteiger partial charge in [0.25, 0.3) is 0 Å². The lowest BCUT2D eigenvalue weighted by atomic mass is 9.99. The lowest BCUT2D eigenvalue weighted by Gasteiger charge is -2.04. The van der Waals surface area contributed by atoms with Crippen LogP contribution in [0.25, 0.3) is 33.1 Å². The summed E-state index contributed by atoms with van der Waals surface area (Å²) in [4.78, 5) is 12.9. The molecule has 0 aliphatic heterocycles. The third-order valence-electron chi connectivity index (χ3n) is 4.90. The fourth-order valence-corrected chi connectivity index (χ4v) is 3.48. The van der Waals surface area contributed by atoms with Crippen LogP contribution in [0.2, 0.25) is 0 Å². The quantitative estimate of drug-likeness (QED) is 0.349. The molecule has 0 atom stereocenters. The van der Waals surface area contributed by atoms with Gasteiger partial charge >= 0.3 is 0 Å². The summed E-state index contributed by atoms with van der Waals surface area (Å²) in [5, 5.41) is 2.10. The number of carbonyl (C=O) groups is 1. The molecule has 0 amide bonds. The van der Waals surface area contributed by atoms with Crippen molar-refractivity contribution in [1.82, 2.24) is 0 Å². The van der Waals surface area contributed by atoms with Crippen LogP contribution in [0.5, 0.6) is 0 Å². The fraction of sp³-hybridized carbons (Fsp3) is 0. The van der Waals surface area contributed by atoms with Gasteiger partial charge in [0, 0.05) is 21.9 Å². The topological polar surface area (TPSA) is 30.2 Å². The van der Waals surface area contributed by atoms with Crippen LogP contribution in [0.15, 0.2) is 101 Å². The summed E-state index contributed by atoms with van der Waals surface area (Å²) >= 11 is 0. The van der Waals surface area contributed by atoms with Gasteiger partial charge in [-0.25, -0.2) is 0 Å². The minimum atomic E-state index is -0.00281. The average molecular weight is 348 g/mol. The minimum absolute atomic E-state index is 0.00281. The molecule has 1 aromatic heterocycles. The molecule has 2 nitrogen and oxygen atoms in total. The Bertz CT molecular complexity index is 1260. The number of carbonyl (C=O) groups excluding carboxylic acids is 1. The smallest absolute Gasteiger partial charge is 0.193 e. The molecule has 2 heteroatoms. The van der Waals surface area contributed by atoms with Crippen molar-refractivity contribution in [3.05, 3.63) is 108 Å². The molecule has 128 valence electrons. The summed E-state index contributed by atoms with van der Waals surface area (Å²) in [5.41, 5.74) is 5.12. The van der Waals surface area contributed by atoms with E-state index in [1.807, 2.05) is 84.9 Å². The molecule has 1 heterocycles. The zero-order valence-electron chi connectivity index (χ0n) is 14.6. The first-order valence-electron chi connectivity index (χ1n) is 8.91. The van der Waals surface area contributed by atoms with Crippen LogP contribution < -0.4 is 0 Å². The monoisotopic (exact) mass is 348 g/mol. The maximum absolute atomic E-state index is 12.9. The summed E-state index contributed by atoms with van der Waals surface area (Å²) in [5.74, 6) is -0.00281. The molecule has 0 saturated heterocycles. The van der Waals surface area contributed by atoms with Crippen molar-refractivity contribution in [2.24, 2.45) is 0 Å². The lowest BCUT2D eigenvalue weighted by molar-refractivity contribution is 0.103. The Morgan fingerprint density at radius 1 is 0.556 bits per heavy atom. The van der Waals surface area contributed by atoms with E-state index >= 15 is 0 Å². The maximum Gasteiger partial charge on any atom is 0.193 e. The van der Waals surface area contributed by atoms with E-state index < -0.39 is 0 Å². The van der Waals surface area contributed by atoms with Crippen molar-refractivity contribution in [3.8, 4) is 11.1 Å². The van der Waals surface area contributed by atoms with Gasteiger partial charge < -0.3 is 4.42 Å². The highest BCUT2D eigenvalue weighted by molar-refractivity contribution is 6.12. The normalized spacial score (nSPS) is 11.1. The zero-order chi connectivity index (χ0) is 18.2. The lowest BCUT2D eigenvalue weighted by Crippen LogP contribution is -2.00. The third-order valence-corrected chi connectivity index (χ3v) is 4.90. The van der Waals surface area contributed by atoms with E-state index in [9.17, 15) is 4.79 Å². The van der Waals surface area contributed by atoms with Crippen molar-refractivity contribution in [2.75, 3.05) is 0 Å². The van der Waals surface area contributed by atoms with E-state index in [1.165, 1.54) is 0 Å². The predicted octanol–water partition coefficient (Wildman–Crippen LogP) is 6.48. The van der Waals surface area contributed by atoms with Crippen LogP contribution in [0, 0.1) is 0 Å². The number of ketones is 1. The van der Waals surface area contributed by atoms with Gasteiger partial charge in [-0.15, -0.1) is 0 Å². The first kappa shape index (κ1) is 15.6. The highest BCUT2D eigenvalue weighted by Gasteiger charge is 2.13. The Morgan fingerprint density at radius 3 is 2.00 bits per heavy atom. The Labute approximate surface area is 156 Å². The van der Waals surface area contributed by atoms with Crippen LogP contribution in [-0.4, -0.2) is 5.78 Å². The van der Waals surface area contributed by atoms with Gasteiger partial charge in [-0.2, -0.15) is 0 Å². The second kappa shape index (κ2) is 6.26. The van der Waals surface area contributed by atoms with E-state index in [1.54, 1.807) is 0 Å². The van der Waals surface area contributed by atoms with Crippen molar-refractivity contribution >= 4 is 27.7 Å². The molecule has 27 heavy (non-hydrogen) atoms. The van der Waals surface area contributed by atoms with E-state index in [0.717, 1.165) is 33.1 Å². The van der Waals surface area contributed by atoms with Crippen LogP contribution in [0.4, 0.5) is 0 Å². The minimum Gasteiger partial charge on any atom is -0.456 e. The van der Waals surface area contributed by atoms with Crippen molar-refractivity contribution in [1.29, 1.82) is 0 Å². The zero-order valence-corrected chi connectivity index (χ0v) is 14.6. The molecule has 4 aromatic carbocycles. The van der Waals surface area contributed by atoms with Crippen LogP contribution in [-0.2, 0) is 0 Å². The predicted molar refractivity (Wildman–Crippen MR) is 109 cm³/mol. The van der Waals surface area contributed by atoms with Gasteiger partial charge in [0.15, 0.2) is 5.78 Å². The molecule has 0 N–H and O–H groups in total. The summed E-state index contributed by atoms with van der Waals surface area (Å²) in [6.45, 7) is 0. The Balaban J connectivity index is 1.50. The van der Waals surface area contributed by atoms with E-state index in [0.29, 0.717) is 11.1 Å². The number of para-hydroxylation sites is 1. The Morgan fingerprint density at radius 2 is 1.19 bits per heavy atom. The van der Waals surface area contributed by atoms with Gasteiger partial charge in [-0.05, 0) is 29.3 Å². The average Bonchev–Trinajstić information content (AvgIpc) is 3.12. The molecular weight excluding hydrogens is 332 g/mol. The standard InChI is InChI=1S/C25H16O2/c26-25(19-12-10-18(11-13-19)17-6-2-1-3-7-17)20-14-15-22-21-8-4-5-9-23(21)27-24(22)16-20/h1-16H. The summed E-state index contributed by atoms with van der Waals surface area (Å²) in [6.07, 6.45) is 0. The molecular formula is C25H16O2. The number of hydrogen-bond acceptors (Lipinski definition) is 2. The first-order valence-corrected chi connectivity index (χ1v) is 8.91. The van der Waals surface area contributed by atoms with Crippen molar-refractivity contribution in [3.63, 3.8) is 0 Å². The molecule has 0 aliphatic rings. The van der Waals surface area contributed by atoms with Gasteiger partial charge in [0.2, 0.25) is 0 Å². The summed E-state index contributed by atoms with van der Waals surface area (Å²) in [7, 11) is 0. The van der Waals surface area contributed by atoms with Gasteiger partial charge in [0.05, 0.1) is 0 Å². The number of fused-ring (bicyclic) bond motifs is 3. The second-order valence-electron chi connectivity index (χ2n) is 6.58. The van der Waals surface area contributed by atoms with Crippen LogP contribution in [0.3, 0.4) is 0 Å². The number of benzene rings is 4. The molecule has 5 rings (SSSR count). The van der Waals surface area contributed by atoms with Crippen molar-refractivity contribution < 1.29 is 9.21 Å².